The molecule has 3 aromatic carbocycles. The zero-order valence-corrected chi connectivity index (χ0v) is 14.5. The molecule has 0 aliphatic rings. The lowest BCUT2D eigenvalue weighted by Gasteiger charge is -2.09. The van der Waals surface area contributed by atoms with Crippen molar-refractivity contribution in [1.82, 2.24) is 10.6 Å². The highest BCUT2D eigenvalue weighted by atomic mass is 16.5. The quantitative estimate of drug-likeness (QED) is 0.606. The Kier molecular flexibility index (Phi) is 6.40. The zero-order valence-electron chi connectivity index (χ0n) is 14.5. The molecule has 3 aromatic rings. The molecule has 3 rings (SSSR count). The van der Waals surface area contributed by atoms with Crippen LogP contribution in [-0.2, 0) is 6.54 Å². The van der Waals surface area contributed by atoms with E-state index in [2.05, 4.69) is 10.6 Å². The molecule has 0 heterocycles. The minimum Gasteiger partial charge on any atom is -0.457 e. The molecule has 0 aromatic heterocycles. The lowest BCUT2D eigenvalue weighted by Crippen LogP contribution is -2.31. The maximum absolute atomic E-state index is 11.9. The van der Waals surface area contributed by atoms with Crippen LogP contribution in [0.25, 0.3) is 0 Å². The van der Waals surface area contributed by atoms with Crippen LogP contribution in [0.5, 0.6) is 11.5 Å². The molecule has 0 saturated heterocycles. The SMILES string of the molecule is O=C(NCCNCc1ccc(Oc2ccccc2)cc1)c1ccccc1. The molecule has 132 valence electrons. The molecule has 0 spiro atoms. The van der Waals surface area contributed by atoms with E-state index in [1.165, 1.54) is 5.56 Å². The Morgan fingerprint density at radius 2 is 1.35 bits per heavy atom. The average molecular weight is 346 g/mol. The molecule has 0 fully saturated rings. The molecule has 0 bridgehead atoms. The van der Waals surface area contributed by atoms with E-state index in [9.17, 15) is 4.79 Å². The van der Waals surface area contributed by atoms with Gasteiger partial charge in [-0.2, -0.15) is 0 Å². The van der Waals surface area contributed by atoms with Crippen LogP contribution >= 0.6 is 0 Å². The second kappa shape index (κ2) is 9.39. The Labute approximate surface area is 153 Å². The Morgan fingerprint density at radius 3 is 2.04 bits per heavy atom. The number of hydrogen-bond acceptors (Lipinski definition) is 3. The molecule has 4 heteroatoms. The average Bonchev–Trinajstić information content (AvgIpc) is 2.70. The highest BCUT2D eigenvalue weighted by molar-refractivity contribution is 5.94. The number of ether oxygens (including phenoxy) is 1. The summed E-state index contributed by atoms with van der Waals surface area (Å²) in [6.07, 6.45) is 0. The molecule has 0 unspecified atom stereocenters. The second-order valence-corrected chi connectivity index (χ2v) is 5.86. The van der Waals surface area contributed by atoms with Crippen LogP contribution in [0.1, 0.15) is 15.9 Å². The first kappa shape index (κ1) is 17.7. The van der Waals surface area contributed by atoms with Gasteiger partial charge in [0.1, 0.15) is 11.5 Å². The first-order valence-electron chi connectivity index (χ1n) is 8.67. The van der Waals surface area contributed by atoms with Crippen LogP contribution in [0, 0.1) is 0 Å². The number of benzene rings is 3. The van der Waals surface area contributed by atoms with E-state index in [4.69, 9.17) is 4.74 Å². The van der Waals surface area contributed by atoms with E-state index < -0.39 is 0 Å². The van der Waals surface area contributed by atoms with Gasteiger partial charge in [-0.25, -0.2) is 0 Å². The van der Waals surface area contributed by atoms with Crippen molar-refractivity contribution in [2.24, 2.45) is 0 Å². The van der Waals surface area contributed by atoms with Gasteiger partial charge in [-0.1, -0.05) is 48.5 Å². The number of carbonyl (C=O) groups is 1. The number of hydrogen-bond donors (Lipinski definition) is 2. The smallest absolute Gasteiger partial charge is 0.251 e. The maximum atomic E-state index is 11.9. The van der Waals surface area contributed by atoms with Crippen LogP contribution in [0.15, 0.2) is 84.9 Å². The van der Waals surface area contributed by atoms with Crippen molar-refractivity contribution in [2.45, 2.75) is 6.54 Å². The molecular weight excluding hydrogens is 324 g/mol. The topological polar surface area (TPSA) is 50.4 Å². The molecule has 0 radical (unpaired) electrons. The summed E-state index contributed by atoms with van der Waals surface area (Å²) in [5.74, 6) is 1.59. The van der Waals surface area contributed by atoms with Gasteiger partial charge in [0.15, 0.2) is 0 Å². The van der Waals surface area contributed by atoms with E-state index in [0.717, 1.165) is 18.0 Å². The Bertz CT molecular complexity index is 803. The van der Waals surface area contributed by atoms with E-state index in [0.29, 0.717) is 18.7 Å². The standard InChI is InChI=1S/C22H22N2O2/c25-22(19-7-3-1-4-8-19)24-16-15-23-17-18-11-13-21(14-12-18)26-20-9-5-2-6-10-20/h1-14,23H,15-17H2,(H,24,25). The van der Waals surface area contributed by atoms with Crippen LogP contribution in [0.4, 0.5) is 0 Å². The molecule has 0 aliphatic carbocycles. The molecule has 0 atom stereocenters. The number of nitrogens with one attached hydrogen (secondary N) is 2. The Balaban J connectivity index is 1.37. The molecule has 2 N–H and O–H groups in total. The predicted molar refractivity (Wildman–Crippen MR) is 103 cm³/mol. The predicted octanol–water partition coefficient (Wildman–Crippen LogP) is 4.00. The summed E-state index contributed by atoms with van der Waals surface area (Å²) < 4.78 is 5.78. The molecular formula is C22H22N2O2. The zero-order chi connectivity index (χ0) is 18.0. The van der Waals surface area contributed by atoms with Gasteiger partial charge in [-0.15, -0.1) is 0 Å². The van der Waals surface area contributed by atoms with Gasteiger partial charge in [0.2, 0.25) is 0 Å². The number of para-hydroxylation sites is 1. The van der Waals surface area contributed by atoms with Gasteiger partial charge < -0.3 is 15.4 Å². The van der Waals surface area contributed by atoms with Crippen LogP contribution < -0.4 is 15.4 Å². The lowest BCUT2D eigenvalue weighted by molar-refractivity contribution is 0.0954. The largest absolute Gasteiger partial charge is 0.457 e. The molecule has 4 nitrogen and oxygen atoms in total. The van der Waals surface area contributed by atoms with Crippen molar-refractivity contribution in [3.63, 3.8) is 0 Å². The van der Waals surface area contributed by atoms with Gasteiger partial charge in [-0.05, 0) is 42.0 Å². The van der Waals surface area contributed by atoms with Crippen molar-refractivity contribution in [1.29, 1.82) is 0 Å². The van der Waals surface area contributed by atoms with Crippen molar-refractivity contribution >= 4 is 5.91 Å². The molecule has 26 heavy (non-hydrogen) atoms. The van der Waals surface area contributed by atoms with Gasteiger partial charge in [0.05, 0.1) is 0 Å². The first-order valence-corrected chi connectivity index (χ1v) is 8.67. The fourth-order valence-corrected chi connectivity index (χ4v) is 2.49. The van der Waals surface area contributed by atoms with Crippen LogP contribution in [0.2, 0.25) is 0 Å². The monoisotopic (exact) mass is 346 g/mol. The number of carbonyl (C=O) groups excluding carboxylic acids is 1. The Hall–Kier alpha value is -3.11. The fourth-order valence-electron chi connectivity index (χ4n) is 2.49. The minimum atomic E-state index is -0.0465. The van der Waals surface area contributed by atoms with Crippen molar-refractivity contribution in [3.8, 4) is 11.5 Å². The number of amides is 1. The van der Waals surface area contributed by atoms with E-state index in [-0.39, 0.29) is 5.91 Å². The highest BCUT2D eigenvalue weighted by Gasteiger charge is 2.02. The minimum absolute atomic E-state index is 0.0465. The van der Waals surface area contributed by atoms with Crippen molar-refractivity contribution in [3.05, 3.63) is 96.1 Å². The lowest BCUT2D eigenvalue weighted by atomic mass is 10.2. The second-order valence-electron chi connectivity index (χ2n) is 5.86. The van der Waals surface area contributed by atoms with E-state index in [1.54, 1.807) is 0 Å². The number of rotatable bonds is 8. The summed E-state index contributed by atoms with van der Waals surface area (Å²) in [6, 6.07) is 26.9. The van der Waals surface area contributed by atoms with Crippen molar-refractivity contribution < 1.29 is 9.53 Å². The molecule has 0 saturated carbocycles. The summed E-state index contributed by atoms with van der Waals surface area (Å²) in [6.45, 7) is 2.04. The molecule has 0 aliphatic heterocycles. The summed E-state index contributed by atoms with van der Waals surface area (Å²) >= 11 is 0. The molecule has 1 amide bonds. The fraction of sp³-hybridized carbons (Fsp3) is 0.136. The van der Waals surface area contributed by atoms with Gasteiger partial charge >= 0.3 is 0 Å². The van der Waals surface area contributed by atoms with Crippen molar-refractivity contribution in [2.75, 3.05) is 13.1 Å². The van der Waals surface area contributed by atoms with Gasteiger partial charge in [0.25, 0.3) is 5.91 Å². The summed E-state index contributed by atoms with van der Waals surface area (Å²) in [4.78, 5) is 11.9. The van der Waals surface area contributed by atoms with E-state index >= 15 is 0 Å². The summed E-state index contributed by atoms with van der Waals surface area (Å²) in [7, 11) is 0. The normalized spacial score (nSPS) is 10.3. The van der Waals surface area contributed by atoms with Crippen LogP contribution in [0.3, 0.4) is 0 Å². The van der Waals surface area contributed by atoms with Gasteiger partial charge in [-0.3, -0.25) is 4.79 Å². The highest BCUT2D eigenvalue weighted by Crippen LogP contribution is 2.20. The third kappa shape index (κ3) is 5.46. The first-order chi connectivity index (χ1) is 12.8. The maximum Gasteiger partial charge on any atom is 0.251 e. The summed E-state index contributed by atoms with van der Waals surface area (Å²) in [5.41, 5.74) is 1.85. The van der Waals surface area contributed by atoms with E-state index in [1.807, 2.05) is 84.9 Å². The third-order valence-corrected chi connectivity index (χ3v) is 3.85. The third-order valence-electron chi connectivity index (χ3n) is 3.85. The van der Waals surface area contributed by atoms with Gasteiger partial charge in [0, 0.05) is 25.2 Å². The van der Waals surface area contributed by atoms with Crippen LogP contribution in [-0.4, -0.2) is 19.0 Å². The Morgan fingerprint density at radius 1 is 0.731 bits per heavy atom. The summed E-state index contributed by atoms with van der Waals surface area (Å²) in [5, 5.41) is 6.22.